The van der Waals surface area contributed by atoms with Crippen LogP contribution in [-0.2, 0) is 0 Å². The third-order valence-electron chi connectivity index (χ3n) is 3.78. The monoisotopic (exact) mass is 441 g/mol. The van der Waals surface area contributed by atoms with Crippen LogP contribution in [-0.4, -0.2) is 22.1 Å². The fourth-order valence-corrected chi connectivity index (χ4v) is 3.77. The van der Waals surface area contributed by atoms with E-state index in [-0.39, 0.29) is 6.10 Å². The van der Waals surface area contributed by atoms with Crippen LogP contribution in [0.25, 0.3) is 10.2 Å². The fourth-order valence-electron chi connectivity index (χ4n) is 2.53. The van der Waals surface area contributed by atoms with Crippen molar-refractivity contribution in [2.24, 2.45) is 0 Å². The summed E-state index contributed by atoms with van der Waals surface area (Å²) in [5.41, 5.74) is 1.02. The van der Waals surface area contributed by atoms with Crippen molar-refractivity contribution >= 4 is 49.3 Å². The lowest BCUT2D eigenvalue weighted by Crippen LogP contribution is -2.42. The van der Waals surface area contributed by atoms with E-state index in [0.29, 0.717) is 15.5 Å². The minimum atomic E-state index is -0.480. The Morgan fingerprint density at radius 1 is 1.17 bits per heavy atom. The molecule has 1 saturated carbocycles. The quantitative estimate of drug-likeness (QED) is 0.480. The van der Waals surface area contributed by atoms with E-state index >= 15 is 0 Å². The van der Waals surface area contributed by atoms with Crippen LogP contribution < -0.4 is 10.1 Å². The SMILES string of the molecule is Fc1nc(O[C@H]2C[C@H](Nc3nc4ccccc4s3)C2)ccc1I. The Bertz CT molecular complexity index is 817. The maximum Gasteiger partial charge on any atom is 0.229 e. The zero-order valence-corrected chi connectivity index (χ0v) is 15.0. The number of para-hydroxylation sites is 1. The first-order valence-electron chi connectivity index (χ1n) is 7.28. The Balaban J connectivity index is 1.33. The van der Waals surface area contributed by atoms with Crippen LogP contribution in [0.5, 0.6) is 5.88 Å². The molecule has 4 nitrogen and oxygen atoms in total. The maximum absolute atomic E-state index is 13.4. The van der Waals surface area contributed by atoms with E-state index in [2.05, 4.69) is 21.4 Å². The van der Waals surface area contributed by atoms with E-state index in [1.54, 1.807) is 23.5 Å². The average Bonchev–Trinajstić information content (AvgIpc) is 2.91. The number of pyridine rings is 1. The van der Waals surface area contributed by atoms with Gasteiger partial charge in [0.05, 0.1) is 13.8 Å². The number of anilines is 1. The molecule has 0 unspecified atom stereocenters. The highest BCUT2D eigenvalue weighted by molar-refractivity contribution is 14.1. The van der Waals surface area contributed by atoms with Gasteiger partial charge in [-0.2, -0.15) is 9.37 Å². The molecule has 0 atom stereocenters. The highest BCUT2D eigenvalue weighted by Crippen LogP contribution is 2.31. The molecule has 2 heterocycles. The summed E-state index contributed by atoms with van der Waals surface area (Å²) in [6, 6.07) is 11.8. The summed E-state index contributed by atoms with van der Waals surface area (Å²) >= 11 is 3.57. The summed E-state index contributed by atoms with van der Waals surface area (Å²) in [7, 11) is 0. The molecule has 3 aromatic rings. The molecule has 1 fully saturated rings. The van der Waals surface area contributed by atoms with Gasteiger partial charge in [0.25, 0.3) is 0 Å². The van der Waals surface area contributed by atoms with Gasteiger partial charge in [-0.1, -0.05) is 23.5 Å². The van der Waals surface area contributed by atoms with Crippen LogP contribution in [0.2, 0.25) is 0 Å². The zero-order valence-electron chi connectivity index (χ0n) is 12.0. The predicted molar refractivity (Wildman–Crippen MR) is 97.6 cm³/mol. The number of aromatic nitrogens is 2. The van der Waals surface area contributed by atoms with Crippen LogP contribution in [0.1, 0.15) is 12.8 Å². The van der Waals surface area contributed by atoms with Crippen molar-refractivity contribution in [2.75, 3.05) is 5.32 Å². The Morgan fingerprint density at radius 3 is 2.78 bits per heavy atom. The van der Waals surface area contributed by atoms with Gasteiger partial charge in [0.2, 0.25) is 11.8 Å². The van der Waals surface area contributed by atoms with Gasteiger partial charge in [0, 0.05) is 24.9 Å². The van der Waals surface area contributed by atoms with Crippen molar-refractivity contribution in [3.05, 3.63) is 45.9 Å². The molecule has 0 aliphatic heterocycles. The number of thiazole rings is 1. The molecule has 23 heavy (non-hydrogen) atoms. The molecule has 0 spiro atoms. The van der Waals surface area contributed by atoms with Gasteiger partial charge in [-0.3, -0.25) is 0 Å². The van der Waals surface area contributed by atoms with Crippen molar-refractivity contribution in [1.29, 1.82) is 0 Å². The molecule has 1 N–H and O–H groups in total. The van der Waals surface area contributed by atoms with Crippen LogP contribution >= 0.6 is 33.9 Å². The lowest BCUT2D eigenvalue weighted by atomic mass is 9.89. The third-order valence-corrected chi connectivity index (χ3v) is 5.55. The molecule has 0 amide bonds. The second kappa shape index (κ2) is 6.20. The largest absolute Gasteiger partial charge is 0.474 e. The predicted octanol–water partition coefficient (Wildman–Crippen LogP) is 4.46. The van der Waals surface area contributed by atoms with E-state index in [1.165, 1.54) is 4.70 Å². The smallest absolute Gasteiger partial charge is 0.229 e. The summed E-state index contributed by atoms with van der Waals surface area (Å²) in [6.45, 7) is 0. The lowest BCUT2D eigenvalue weighted by Gasteiger charge is -2.35. The van der Waals surface area contributed by atoms with Crippen molar-refractivity contribution < 1.29 is 9.13 Å². The normalized spacial score (nSPS) is 20.3. The summed E-state index contributed by atoms with van der Waals surface area (Å²) in [4.78, 5) is 8.37. The molecule has 1 aromatic carbocycles. The van der Waals surface area contributed by atoms with E-state index in [4.69, 9.17) is 4.74 Å². The van der Waals surface area contributed by atoms with Gasteiger partial charge in [-0.05, 0) is 40.8 Å². The molecule has 118 valence electrons. The molecule has 0 saturated heterocycles. The third kappa shape index (κ3) is 3.25. The van der Waals surface area contributed by atoms with Crippen LogP contribution in [0, 0.1) is 9.52 Å². The first-order chi connectivity index (χ1) is 11.2. The summed E-state index contributed by atoms with van der Waals surface area (Å²) < 4.78 is 20.8. The number of ether oxygens (including phenoxy) is 1. The van der Waals surface area contributed by atoms with Gasteiger partial charge in [0.15, 0.2) is 5.13 Å². The molecule has 7 heteroatoms. The van der Waals surface area contributed by atoms with Gasteiger partial charge < -0.3 is 10.1 Å². The minimum absolute atomic E-state index is 0.0776. The Labute approximate surface area is 150 Å². The number of fused-ring (bicyclic) bond motifs is 1. The first-order valence-corrected chi connectivity index (χ1v) is 9.18. The van der Waals surface area contributed by atoms with Crippen molar-refractivity contribution in [2.45, 2.75) is 25.0 Å². The second-order valence-corrected chi connectivity index (χ2v) is 7.65. The average molecular weight is 441 g/mol. The Morgan fingerprint density at radius 2 is 2.00 bits per heavy atom. The van der Waals surface area contributed by atoms with Crippen LogP contribution in [0.3, 0.4) is 0 Å². The standard InChI is InChI=1S/C16H13FIN3OS/c17-15-11(18)5-6-14(21-15)22-10-7-9(8-10)19-16-20-12-3-1-2-4-13(12)23-16/h1-6,9-10H,7-8H2,(H,19,20)/t9-,10-. The highest BCUT2D eigenvalue weighted by atomic mass is 127. The molecule has 1 aliphatic carbocycles. The van der Waals surface area contributed by atoms with Crippen molar-refractivity contribution in [3.63, 3.8) is 0 Å². The number of benzene rings is 1. The summed E-state index contributed by atoms with van der Waals surface area (Å²) in [5, 5.41) is 4.37. The molecule has 0 radical (unpaired) electrons. The van der Waals surface area contributed by atoms with E-state index in [0.717, 1.165) is 23.5 Å². The van der Waals surface area contributed by atoms with Crippen molar-refractivity contribution in [3.8, 4) is 5.88 Å². The summed E-state index contributed by atoms with van der Waals surface area (Å²) in [5.74, 6) is -0.127. The molecule has 2 aromatic heterocycles. The minimum Gasteiger partial charge on any atom is -0.474 e. The number of halogens is 2. The number of hydrogen-bond donors (Lipinski definition) is 1. The number of nitrogens with zero attached hydrogens (tertiary/aromatic N) is 2. The number of rotatable bonds is 4. The van der Waals surface area contributed by atoms with E-state index in [9.17, 15) is 4.39 Å². The first kappa shape index (κ1) is 15.1. The van der Waals surface area contributed by atoms with Gasteiger partial charge in [-0.25, -0.2) is 4.98 Å². The number of hydrogen-bond acceptors (Lipinski definition) is 5. The maximum atomic E-state index is 13.4. The topological polar surface area (TPSA) is 47.0 Å². The number of nitrogens with one attached hydrogen (secondary N) is 1. The van der Waals surface area contributed by atoms with Crippen molar-refractivity contribution in [1.82, 2.24) is 9.97 Å². The fraction of sp³-hybridized carbons (Fsp3) is 0.250. The Hall–Kier alpha value is -1.48. The van der Waals surface area contributed by atoms with E-state index < -0.39 is 5.95 Å². The van der Waals surface area contributed by atoms with Gasteiger partial charge in [-0.15, -0.1) is 0 Å². The molecule has 1 aliphatic rings. The van der Waals surface area contributed by atoms with Crippen LogP contribution in [0.4, 0.5) is 9.52 Å². The summed E-state index contributed by atoms with van der Waals surface area (Å²) in [6.07, 6.45) is 1.81. The second-order valence-electron chi connectivity index (χ2n) is 5.46. The Kier molecular flexibility index (Phi) is 4.06. The zero-order chi connectivity index (χ0) is 15.8. The lowest BCUT2D eigenvalue weighted by molar-refractivity contribution is 0.102. The van der Waals surface area contributed by atoms with Crippen LogP contribution in [0.15, 0.2) is 36.4 Å². The molecule has 0 bridgehead atoms. The van der Waals surface area contributed by atoms with Gasteiger partial charge in [0.1, 0.15) is 6.10 Å². The molecular formula is C16H13FIN3OS. The highest BCUT2D eigenvalue weighted by Gasteiger charge is 2.31. The molecule has 4 rings (SSSR count). The van der Waals surface area contributed by atoms with E-state index in [1.807, 2.05) is 40.8 Å². The van der Waals surface area contributed by atoms with Gasteiger partial charge >= 0.3 is 0 Å². The molecular weight excluding hydrogens is 428 g/mol.